The summed E-state index contributed by atoms with van der Waals surface area (Å²) < 4.78 is 216. The van der Waals surface area contributed by atoms with Crippen molar-refractivity contribution in [1.82, 2.24) is 0 Å². The van der Waals surface area contributed by atoms with Gasteiger partial charge in [-0.3, -0.25) is 4.79 Å². The fourth-order valence-corrected chi connectivity index (χ4v) is 3.63. The van der Waals surface area contributed by atoms with Gasteiger partial charge >= 0.3 is 53.9 Å². The Morgan fingerprint density at radius 1 is 0.703 bits per heavy atom. The molecule has 0 N–H and O–H groups in total. The highest BCUT2D eigenvalue weighted by molar-refractivity contribution is 5.72. The zero-order valence-corrected chi connectivity index (χ0v) is 18.5. The smallest absolute Gasteiger partial charge is 0.385 e. The van der Waals surface area contributed by atoms with Gasteiger partial charge in [-0.05, 0) is 31.6 Å². The van der Waals surface area contributed by atoms with Gasteiger partial charge in [0.05, 0.1) is 5.92 Å². The van der Waals surface area contributed by atoms with Crippen LogP contribution in [0, 0.1) is 11.8 Å². The Labute approximate surface area is 198 Å². The van der Waals surface area contributed by atoms with Crippen molar-refractivity contribution in [2.75, 3.05) is 6.61 Å². The van der Waals surface area contributed by atoms with E-state index in [1.165, 1.54) is 0 Å². The Morgan fingerprint density at radius 3 is 1.51 bits per heavy atom. The minimum absolute atomic E-state index is 0.0145. The van der Waals surface area contributed by atoms with E-state index in [1.807, 2.05) is 6.92 Å². The summed E-state index contributed by atoms with van der Waals surface area (Å²) in [5.74, 6) is -57.9. The molecule has 1 saturated carbocycles. The molecular weight excluding hydrogens is 564 g/mol. The molecule has 0 atom stereocenters. The van der Waals surface area contributed by atoms with E-state index in [0.717, 1.165) is 12.8 Å². The van der Waals surface area contributed by atoms with Gasteiger partial charge in [-0.1, -0.05) is 19.8 Å². The van der Waals surface area contributed by atoms with E-state index in [9.17, 15) is 75.0 Å². The SMILES string of the molecule is CCCC1CCC(C(=O)OCC(F)(F)C(F)(F)C(F)(F)C(F)(F)C(F)(F)C(F)(F)C(F)(F)C(F)F)CC1. The summed E-state index contributed by atoms with van der Waals surface area (Å²) in [7, 11) is 0. The lowest BCUT2D eigenvalue weighted by Crippen LogP contribution is -2.74. The molecule has 0 saturated heterocycles. The second-order valence-electron chi connectivity index (χ2n) is 8.61. The molecule has 0 radical (unpaired) electrons. The number of rotatable bonds is 12. The topological polar surface area (TPSA) is 26.3 Å². The standard InChI is InChI=1S/C19H20F16O2/c1-2-3-9-4-6-10(7-5-9)11(36)37-8-13(22,23)15(26,27)17(30,31)19(34,35)18(32,33)16(28,29)14(24,25)12(20)21/h9-10,12H,2-8H2,1H3. The summed E-state index contributed by atoms with van der Waals surface area (Å²) in [5, 5.41) is 0. The van der Waals surface area contributed by atoms with E-state index in [2.05, 4.69) is 4.74 Å². The number of ether oxygens (including phenoxy) is 1. The molecule has 1 rings (SSSR count). The lowest BCUT2D eigenvalue weighted by Gasteiger charge is -2.42. The summed E-state index contributed by atoms with van der Waals surface area (Å²) in [6.45, 7) is -1.28. The van der Waals surface area contributed by atoms with E-state index in [1.54, 1.807) is 0 Å². The van der Waals surface area contributed by atoms with E-state index in [0.29, 0.717) is 12.8 Å². The molecule has 0 heterocycles. The Kier molecular flexibility index (Phi) is 9.46. The molecule has 0 spiro atoms. The third-order valence-corrected chi connectivity index (χ3v) is 6.00. The second-order valence-corrected chi connectivity index (χ2v) is 8.61. The Hall–Kier alpha value is -1.65. The van der Waals surface area contributed by atoms with Gasteiger partial charge in [0.25, 0.3) is 0 Å². The molecule has 0 aromatic rings. The second kappa shape index (κ2) is 10.5. The lowest BCUT2D eigenvalue weighted by molar-refractivity contribution is -0.447. The number of hydrogen-bond acceptors (Lipinski definition) is 2. The van der Waals surface area contributed by atoms with Crippen LogP contribution in [0.3, 0.4) is 0 Å². The quantitative estimate of drug-likeness (QED) is 0.173. The maximum Gasteiger partial charge on any atom is 0.385 e. The van der Waals surface area contributed by atoms with Crippen molar-refractivity contribution in [2.24, 2.45) is 11.8 Å². The first kappa shape index (κ1) is 33.4. The Bertz CT molecular complexity index is 787. The van der Waals surface area contributed by atoms with Crippen LogP contribution in [0.1, 0.15) is 45.4 Å². The number of carbonyl (C=O) groups is 1. The van der Waals surface area contributed by atoms with Crippen LogP contribution in [0.2, 0.25) is 0 Å². The van der Waals surface area contributed by atoms with Crippen LogP contribution in [-0.4, -0.2) is 60.5 Å². The lowest BCUT2D eigenvalue weighted by atomic mass is 9.80. The van der Waals surface area contributed by atoms with Crippen LogP contribution in [0.15, 0.2) is 0 Å². The first-order chi connectivity index (χ1) is 16.4. The third-order valence-electron chi connectivity index (χ3n) is 6.00. The Morgan fingerprint density at radius 2 is 1.11 bits per heavy atom. The molecule has 0 aliphatic heterocycles. The molecule has 1 aliphatic rings. The van der Waals surface area contributed by atoms with Gasteiger partial charge in [-0.25, -0.2) is 8.78 Å². The van der Waals surface area contributed by atoms with Crippen molar-refractivity contribution >= 4 is 5.97 Å². The third kappa shape index (κ3) is 5.43. The number of alkyl halides is 16. The zero-order valence-electron chi connectivity index (χ0n) is 18.5. The van der Waals surface area contributed by atoms with Gasteiger partial charge in [0.2, 0.25) is 0 Å². The van der Waals surface area contributed by atoms with E-state index < -0.39 is 66.4 Å². The number of esters is 1. The van der Waals surface area contributed by atoms with Crippen molar-refractivity contribution in [3.63, 3.8) is 0 Å². The van der Waals surface area contributed by atoms with E-state index in [4.69, 9.17) is 0 Å². The number of halogens is 16. The van der Waals surface area contributed by atoms with Gasteiger partial charge in [-0.15, -0.1) is 0 Å². The average molecular weight is 584 g/mol. The van der Waals surface area contributed by atoms with Crippen LogP contribution in [0.4, 0.5) is 70.2 Å². The van der Waals surface area contributed by atoms with E-state index >= 15 is 0 Å². The fourth-order valence-electron chi connectivity index (χ4n) is 3.63. The molecule has 220 valence electrons. The molecule has 1 fully saturated rings. The summed E-state index contributed by atoms with van der Waals surface area (Å²) >= 11 is 0. The normalized spacial score (nSPS) is 21.4. The molecule has 0 aromatic heterocycles. The van der Waals surface area contributed by atoms with E-state index in [-0.39, 0.29) is 18.8 Å². The summed E-state index contributed by atoms with van der Waals surface area (Å²) in [6, 6.07) is 0. The molecular formula is C19H20F16O2. The van der Waals surface area contributed by atoms with Crippen molar-refractivity contribution in [2.45, 2.75) is 93.3 Å². The Balaban J connectivity index is 3.18. The minimum Gasteiger partial charge on any atom is -0.459 e. The zero-order chi connectivity index (χ0) is 29.5. The van der Waals surface area contributed by atoms with Gasteiger partial charge in [0.15, 0.2) is 6.61 Å². The molecule has 2 nitrogen and oxygen atoms in total. The highest BCUT2D eigenvalue weighted by atomic mass is 19.4. The molecule has 1 aliphatic carbocycles. The summed E-state index contributed by atoms with van der Waals surface area (Å²) in [5.41, 5.74) is 0. The van der Waals surface area contributed by atoms with Crippen LogP contribution in [-0.2, 0) is 9.53 Å². The molecule has 18 heteroatoms. The van der Waals surface area contributed by atoms with Crippen LogP contribution in [0.25, 0.3) is 0 Å². The predicted octanol–water partition coefficient (Wildman–Crippen LogP) is 7.85. The highest BCUT2D eigenvalue weighted by Crippen LogP contribution is 2.62. The van der Waals surface area contributed by atoms with Crippen LogP contribution >= 0.6 is 0 Å². The van der Waals surface area contributed by atoms with Crippen LogP contribution in [0.5, 0.6) is 0 Å². The van der Waals surface area contributed by atoms with Gasteiger partial charge in [0, 0.05) is 0 Å². The first-order valence-electron chi connectivity index (χ1n) is 10.5. The van der Waals surface area contributed by atoms with Crippen molar-refractivity contribution < 1.29 is 79.8 Å². The van der Waals surface area contributed by atoms with Crippen molar-refractivity contribution in [3.05, 3.63) is 0 Å². The van der Waals surface area contributed by atoms with Crippen LogP contribution < -0.4 is 0 Å². The highest BCUT2D eigenvalue weighted by Gasteiger charge is 2.93. The van der Waals surface area contributed by atoms with Gasteiger partial charge < -0.3 is 4.74 Å². The van der Waals surface area contributed by atoms with Gasteiger partial charge in [0.1, 0.15) is 0 Å². The average Bonchev–Trinajstić information content (AvgIpc) is 2.77. The molecule has 37 heavy (non-hydrogen) atoms. The number of carbonyl (C=O) groups excluding carboxylic acids is 1. The number of hydrogen-bond donors (Lipinski definition) is 0. The maximum absolute atomic E-state index is 13.8. The maximum atomic E-state index is 13.8. The molecule has 0 amide bonds. The fraction of sp³-hybridized carbons (Fsp3) is 0.947. The van der Waals surface area contributed by atoms with Gasteiger partial charge in [-0.2, -0.15) is 61.5 Å². The van der Waals surface area contributed by atoms with Crippen molar-refractivity contribution in [1.29, 1.82) is 0 Å². The monoisotopic (exact) mass is 584 g/mol. The predicted molar refractivity (Wildman–Crippen MR) is 91.9 cm³/mol. The molecule has 0 unspecified atom stereocenters. The minimum atomic E-state index is -8.46. The first-order valence-corrected chi connectivity index (χ1v) is 10.5. The largest absolute Gasteiger partial charge is 0.459 e. The molecule has 0 aromatic carbocycles. The summed E-state index contributed by atoms with van der Waals surface area (Å²) in [4.78, 5) is 11.8. The summed E-state index contributed by atoms with van der Waals surface area (Å²) in [6.07, 6.45) is -3.73. The van der Waals surface area contributed by atoms with Crippen molar-refractivity contribution in [3.8, 4) is 0 Å². The molecule has 0 bridgehead atoms.